The SMILES string of the molecule is CN/C(=C\C(=N)C(=O)O)SNc1nc(OCC(CC(C)(C)C)NCc2ncccn2)cc(-c2c(C)cccc2C)n1. The van der Waals surface area contributed by atoms with Crippen molar-refractivity contribution < 1.29 is 14.6 Å². The Hall–Kier alpha value is -4.03. The lowest BCUT2D eigenvalue weighted by atomic mass is 9.88. The largest absolute Gasteiger partial charge is 0.477 e. The molecular formula is C29H38N8O3S. The number of aryl methyl sites for hydroxylation is 2. The maximum Gasteiger partial charge on any atom is 0.353 e. The lowest BCUT2D eigenvalue weighted by Gasteiger charge is -2.26. The monoisotopic (exact) mass is 578 g/mol. The molecule has 12 heteroatoms. The van der Waals surface area contributed by atoms with Crippen molar-refractivity contribution in [3.8, 4) is 17.1 Å². The van der Waals surface area contributed by atoms with E-state index in [9.17, 15) is 4.79 Å². The smallest absolute Gasteiger partial charge is 0.353 e. The molecule has 0 fully saturated rings. The summed E-state index contributed by atoms with van der Waals surface area (Å²) in [7, 11) is 1.64. The number of carboxylic acids is 1. The van der Waals surface area contributed by atoms with Crippen LogP contribution in [0.3, 0.4) is 0 Å². The molecular weight excluding hydrogens is 540 g/mol. The third-order valence-electron chi connectivity index (χ3n) is 5.90. The molecule has 1 unspecified atom stereocenters. The number of rotatable bonds is 14. The first-order valence-corrected chi connectivity index (χ1v) is 14.0. The molecule has 3 aromatic rings. The molecule has 0 amide bonds. The first-order valence-electron chi connectivity index (χ1n) is 13.2. The van der Waals surface area contributed by atoms with Gasteiger partial charge < -0.3 is 20.5 Å². The molecule has 5 N–H and O–H groups in total. The Morgan fingerprint density at radius 3 is 2.44 bits per heavy atom. The van der Waals surface area contributed by atoms with Gasteiger partial charge >= 0.3 is 5.97 Å². The molecule has 0 aliphatic carbocycles. The zero-order valence-electron chi connectivity index (χ0n) is 24.3. The summed E-state index contributed by atoms with van der Waals surface area (Å²) in [6.45, 7) is 11.5. The molecule has 0 spiro atoms. The Labute approximate surface area is 245 Å². The fourth-order valence-electron chi connectivity index (χ4n) is 4.11. The van der Waals surface area contributed by atoms with Crippen LogP contribution in [0.25, 0.3) is 11.3 Å². The summed E-state index contributed by atoms with van der Waals surface area (Å²) in [5.41, 5.74) is 3.31. The summed E-state index contributed by atoms with van der Waals surface area (Å²) in [5, 5.41) is 23.5. The molecule has 0 bridgehead atoms. The van der Waals surface area contributed by atoms with Crippen LogP contribution in [0, 0.1) is 24.7 Å². The molecule has 3 rings (SSSR count). The van der Waals surface area contributed by atoms with Gasteiger partial charge in [0.2, 0.25) is 11.8 Å². The normalized spacial score (nSPS) is 12.5. The van der Waals surface area contributed by atoms with Gasteiger partial charge in [0.1, 0.15) is 18.1 Å². The van der Waals surface area contributed by atoms with E-state index in [1.54, 1.807) is 25.5 Å². The molecule has 1 atom stereocenters. The van der Waals surface area contributed by atoms with Gasteiger partial charge in [-0.3, -0.25) is 10.1 Å². The lowest BCUT2D eigenvalue weighted by Crippen LogP contribution is -2.38. The van der Waals surface area contributed by atoms with Crippen molar-refractivity contribution in [2.24, 2.45) is 5.41 Å². The molecule has 2 aromatic heterocycles. The van der Waals surface area contributed by atoms with Gasteiger partial charge in [-0.15, -0.1) is 0 Å². The number of hydrogen-bond acceptors (Lipinski definition) is 11. The van der Waals surface area contributed by atoms with Crippen molar-refractivity contribution in [3.63, 3.8) is 0 Å². The minimum absolute atomic E-state index is 0.00376. The van der Waals surface area contributed by atoms with Crippen molar-refractivity contribution in [3.05, 3.63) is 70.8 Å². The average Bonchev–Trinajstić information content (AvgIpc) is 2.92. The summed E-state index contributed by atoms with van der Waals surface area (Å²) in [6, 6.07) is 9.68. The number of aromatic nitrogens is 4. The van der Waals surface area contributed by atoms with Gasteiger partial charge in [-0.2, -0.15) is 4.98 Å². The van der Waals surface area contributed by atoms with E-state index in [4.69, 9.17) is 20.2 Å². The van der Waals surface area contributed by atoms with Gasteiger partial charge in [0.25, 0.3) is 0 Å². The molecule has 0 saturated heterocycles. The Morgan fingerprint density at radius 1 is 1.15 bits per heavy atom. The predicted octanol–water partition coefficient (Wildman–Crippen LogP) is 4.75. The van der Waals surface area contributed by atoms with Crippen LogP contribution in [-0.2, 0) is 11.3 Å². The second kappa shape index (κ2) is 14.6. The highest BCUT2D eigenvalue weighted by atomic mass is 32.2. The zero-order chi connectivity index (χ0) is 30.0. The van der Waals surface area contributed by atoms with E-state index in [1.165, 1.54) is 6.08 Å². The molecule has 2 heterocycles. The molecule has 0 aliphatic heterocycles. The summed E-state index contributed by atoms with van der Waals surface area (Å²) in [4.78, 5) is 29.0. The molecule has 0 radical (unpaired) electrons. The molecule has 0 aliphatic rings. The number of nitrogens with zero attached hydrogens (tertiary/aromatic N) is 4. The number of benzene rings is 1. The minimum Gasteiger partial charge on any atom is -0.477 e. The van der Waals surface area contributed by atoms with Crippen LogP contribution in [0.15, 0.2) is 53.8 Å². The van der Waals surface area contributed by atoms with Crippen LogP contribution in [0.4, 0.5) is 5.95 Å². The van der Waals surface area contributed by atoms with Crippen LogP contribution < -0.4 is 20.1 Å². The Kier molecular flexibility index (Phi) is 11.2. The number of aliphatic carboxylic acids is 1. The summed E-state index contributed by atoms with van der Waals surface area (Å²) >= 11 is 1.07. The summed E-state index contributed by atoms with van der Waals surface area (Å²) in [5.74, 6) is 0.0649. The van der Waals surface area contributed by atoms with Crippen LogP contribution in [0.2, 0.25) is 0 Å². The highest BCUT2D eigenvalue weighted by molar-refractivity contribution is 8.04. The fraction of sp³-hybridized carbons (Fsp3) is 0.379. The van der Waals surface area contributed by atoms with Gasteiger partial charge in [0.15, 0.2) is 0 Å². The second-order valence-corrected chi connectivity index (χ2v) is 11.5. The molecule has 218 valence electrons. The number of carboxylic acid groups (broad SMARTS) is 1. The number of carbonyl (C=O) groups is 1. The first kappa shape index (κ1) is 31.5. The minimum atomic E-state index is -1.32. The van der Waals surface area contributed by atoms with Crippen molar-refractivity contribution in [2.75, 3.05) is 18.4 Å². The highest BCUT2D eigenvalue weighted by Crippen LogP contribution is 2.30. The van der Waals surface area contributed by atoms with E-state index in [0.29, 0.717) is 35.6 Å². The average molecular weight is 579 g/mol. The van der Waals surface area contributed by atoms with Crippen molar-refractivity contribution >= 4 is 29.6 Å². The van der Waals surface area contributed by atoms with E-state index < -0.39 is 11.7 Å². The maximum atomic E-state index is 11.1. The lowest BCUT2D eigenvalue weighted by molar-refractivity contribution is -0.129. The van der Waals surface area contributed by atoms with Gasteiger partial charge in [-0.05, 0) is 42.9 Å². The van der Waals surface area contributed by atoms with Gasteiger partial charge in [0.05, 0.1) is 17.3 Å². The number of hydrogen-bond donors (Lipinski definition) is 5. The third-order valence-corrected chi connectivity index (χ3v) is 6.73. The van der Waals surface area contributed by atoms with Crippen LogP contribution >= 0.6 is 11.9 Å². The Balaban J connectivity index is 1.87. The standard InChI is InChI=1S/C29H38N8O3S/c1-18-9-7-10-19(2)26(18)22-14-24(36-28(35-22)37-41-25(31-6)13-21(30)27(38)39)40-17-20(15-29(3,4)5)34-16-23-32-11-8-12-33-23/h7-14,20,30-31,34H,15-17H2,1-6H3,(H,38,39)(H,35,36,37)/b25-13+,30-21?. The first-order chi connectivity index (χ1) is 19.4. The summed E-state index contributed by atoms with van der Waals surface area (Å²) < 4.78 is 9.33. The van der Waals surface area contributed by atoms with E-state index >= 15 is 0 Å². The van der Waals surface area contributed by atoms with Crippen LogP contribution in [0.5, 0.6) is 5.88 Å². The summed E-state index contributed by atoms with van der Waals surface area (Å²) in [6.07, 6.45) is 5.51. The number of ether oxygens (including phenoxy) is 1. The third kappa shape index (κ3) is 10.1. The fourth-order valence-corrected chi connectivity index (χ4v) is 4.68. The highest BCUT2D eigenvalue weighted by Gasteiger charge is 2.21. The number of nitrogens with one attached hydrogen (secondary N) is 4. The topological polar surface area (TPSA) is 158 Å². The van der Waals surface area contributed by atoms with Crippen LogP contribution in [-0.4, -0.2) is 56.4 Å². The molecule has 11 nitrogen and oxygen atoms in total. The molecule has 0 saturated carbocycles. The van der Waals surface area contributed by atoms with Crippen molar-refractivity contribution in [2.45, 2.75) is 53.6 Å². The second-order valence-electron chi connectivity index (χ2n) is 10.7. The van der Waals surface area contributed by atoms with E-state index in [1.807, 2.05) is 38.1 Å². The zero-order valence-corrected chi connectivity index (χ0v) is 25.1. The van der Waals surface area contributed by atoms with Gasteiger partial charge in [-0.1, -0.05) is 39.0 Å². The maximum absolute atomic E-state index is 11.1. The van der Waals surface area contributed by atoms with E-state index in [0.717, 1.165) is 35.1 Å². The Morgan fingerprint density at radius 2 is 1.83 bits per heavy atom. The molecule has 1 aromatic carbocycles. The van der Waals surface area contributed by atoms with E-state index in [2.05, 4.69) is 51.1 Å². The van der Waals surface area contributed by atoms with E-state index in [-0.39, 0.29) is 17.4 Å². The van der Waals surface area contributed by atoms with Crippen molar-refractivity contribution in [1.82, 2.24) is 30.6 Å². The van der Waals surface area contributed by atoms with Gasteiger partial charge in [-0.25, -0.2) is 19.7 Å². The quantitative estimate of drug-likeness (QED) is 0.133. The van der Waals surface area contributed by atoms with Gasteiger partial charge in [0, 0.05) is 55.1 Å². The molecule has 41 heavy (non-hydrogen) atoms. The predicted molar refractivity (Wildman–Crippen MR) is 163 cm³/mol. The van der Waals surface area contributed by atoms with Crippen LogP contribution in [0.1, 0.15) is 44.1 Å². The Bertz CT molecular complexity index is 1360. The number of anilines is 1. The van der Waals surface area contributed by atoms with Crippen molar-refractivity contribution in [1.29, 1.82) is 5.41 Å².